The molecule has 0 heterocycles. The van der Waals surface area contributed by atoms with Crippen LogP contribution in [-0.2, 0) is 3.78 Å². The predicted octanol–water partition coefficient (Wildman–Crippen LogP) is -5.83. The van der Waals surface area contributed by atoms with Crippen LogP contribution in [0.2, 0.25) is 0 Å². The number of hydrogen-bond acceptors (Lipinski definition) is 6. The van der Waals surface area contributed by atoms with Crippen LogP contribution in [0.15, 0.2) is 0 Å². The van der Waals surface area contributed by atoms with Gasteiger partial charge in [-0.25, -0.2) is 0 Å². The third kappa shape index (κ3) is 264. The molecule has 0 aromatic carbocycles. The summed E-state index contributed by atoms with van der Waals surface area (Å²) in [5.74, 6) is 0. The van der Waals surface area contributed by atoms with Crippen LogP contribution in [0.1, 0.15) is 0 Å². The van der Waals surface area contributed by atoms with E-state index in [1.165, 1.54) is 0 Å². The SMILES string of the molecule is [La+3].[O-][Si]([O-])(O)O.[O]=[GeH][O-]. The fourth-order valence-corrected chi connectivity index (χ4v) is 0. The third-order valence-electron chi connectivity index (χ3n) is 0. The monoisotopic (exact) mass is 340 g/mol. The van der Waals surface area contributed by atoms with Gasteiger partial charge in [-0.05, 0) is 0 Å². The molecule has 0 rings (SSSR count). The van der Waals surface area contributed by atoms with Gasteiger partial charge in [0.2, 0.25) is 0 Å². The fourth-order valence-electron chi connectivity index (χ4n) is 0. The van der Waals surface area contributed by atoms with E-state index in [4.69, 9.17) is 27.1 Å². The molecule has 0 fully saturated rings. The average molecular weight is 339 g/mol. The maximum atomic E-state index is 8.80. The molecule has 9 heavy (non-hydrogen) atoms. The van der Waals surface area contributed by atoms with Crippen molar-refractivity contribution in [3.8, 4) is 0 Å². The van der Waals surface area contributed by atoms with Gasteiger partial charge in [0.05, 0.1) is 0 Å². The molecule has 0 aromatic rings. The van der Waals surface area contributed by atoms with Crippen molar-refractivity contribution in [1.82, 2.24) is 0 Å². The van der Waals surface area contributed by atoms with Gasteiger partial charge in [-0.3, -0.25) is 0 Å². The molecular weight excluding hydrogens is 336 g/mol. The van der Waals surface area contributed by atoms with E-state index in [1.54, 1.807) is 0 Å². The summed E-state index contributed by atoms with van der Waals surface area (Å²) in [6.45, 7) is 0. The van der Waals surface area contributed by atoms with E-state index < -0.39 is 24.8 Å². The molecule has 50 valence electrons. The Labute approximate surface area is 86.7 Å². The molecule has 0 aliphatic heterocycles. The van der Waals surface area contributed by atoms with Gasteiger partial charge in [-0.2, -0.15) is 0 Å². The van der Waals surface area contributed by atoms with E-state index in [9.17, 15) is 0 Å². The zero-order chi connectivity index (χ0) is 7.21. The van der Waals surface area contributed by atoms with E-state index in [-0.39, 0.29) is 35.6 Å². The van der Waals surface area contributed by atoms with Crippen LogP contribution in [0, 0.1) is 35.6 Å². The molecule has 0 radical (unpaired) electrons. The first-order valence-corrected chi connectivity index (χ1v) is 5.02. The molecule has 9 heteroatoms. The Hall–Kier alpha value is 1.39. The Morgan fingerprint density at radius 2 is 1.33 bits per heavy atom. The second-order valence-corrected chi connectivity index (χ2v) is 2.15. The summed E-state index contributed by atoms with van der Waals surface area (Å²) in [5.41, 5.74) is 0. The van der Waals surface area contributed by atoms with Gasteiger partial charge in [0.1, 0.15) is 9.05 Å². The fraction of sp³-hybridized carbons (Fsp3) is 0. The first-order valence-electron chi connectivity index (χ1n) is 1.33. The van der Waals surface area contributed by atoms with Crippen LogP contribution in [0.25, 0.3) is 0 Å². The minimum atomic E-state index is -5.11. The van der Waals surface area contributed by atoms with Gasteiger partial charge in [-0.1, -0.05) is 0 Å². The van der Waals surface area contributed by atoms with Crippen LogP contribution in [0.5, 0.6) is 0 Å². The van der Waals surface area contributed by atoms with Crippen molar-refractivity contribution in [2.24, 2.45) is 0 Å². The summed E-state index contributed by atoms with van der Waals surface area (Å²) in [5, 5.41) is 0. The zero-order valence-electron chi connectivity index (χ0n) is 4.18. The Morgan fingerprint density at radius 3 is 1.33 bits per heavy atom. The van der Waals surface area contributed by atoms with E-state index >= 15 is 0 Å². The molecule has 0 spiro atoms. The Morgan fingerprint density at radius 1 is 1.33 bits per heavy atom. The van der Waals surface area contributed by atoms with Crippen LogP contribution in [-0.4, -0.2) is 34.3 Å². The Balaban J connectivity index is -0.0000000800. The van der Waals surface area contributed by atoms with Crippen LogP contribution >= 0.6 is 0 Å². The topological polar surface area (TPSA) is 127 Å². The summed E-state index contributed by atoms with van der Waals surface area (Å²) in [6, 6.07) is 0. The zero-order valence-corrected chi connectivity index (χ0v) is 11.2. The molecular formula is H3GeLaO6Si. The normalized spacial score (nSPS) is 8.00. The van der Waals surface area contributed by atoms with E-state index in [2.05, 4.69) is 0 Å². The second kappa shape index (κ2) is 9.39. The van der Waals surface area contributed by atoms with Crippen LogP contribution < -0.4 is 13.7 Å². The van der Waals surface area contributed by atoms with E-state index in [1.807, 2.05) is 0 Å². The molecule has 0 aromatic heterocycles. The molecule has 0 bridgehead atoms. The van der Waals surface area contributed by atoms with Crippen molar-refractivity contribution in [3.63, 3.8) is 0 Å². The molecule has 0 amide bonds. The van der Waals surface area contributed by atoms with Crippen molar-refractivity contribution in [2.45, 2.75) is 0 Å². The van der Waals surface area contributed by atoms with Gasteiger partial charge in [-0.15, -0.1) is 0 Å². The minimum absolute atomic E-state index is 0. The number of rotatable bonds is 0. The van der Waals surface area contributed by atoms with Crippen molar-refractivity contribution in [1.29, 1.82) is 0 Å². The summed E-state index contributed by atoms with van der Waals surface area (Å²) in [4.78, 5) is 31.8. The Bertz CT molecular complexity index is 52.6. The van der Waals surface area contributed by atoms with Crippen molar-refractivity contribution in [2.75, 3.05) is 0 Å². The van der Waals surface area contributed by atoms with Crippen molar-refractivity contribution >= 4 is 24.8 Å². The first kappa shape index (κ1) is 16.8. The Kier molecular flexibility index (Phi) is 17.5. The molecule has 0 atom stereocenters. The van der Waals surface area contributed by atoms with Gasteiger partial charge in [0, 0.05) is 0 Å². The van der Waals surface area contributed by atoms with E-state index in [0.717, 1.165) is 0 Å². The van der Waals surface area contributed by atoms with Crippen molar-refractivity contribution < 1.29 is 62.7 Å². The number of hydrogen-bond donors (Lipinski definition) is 2. The molecule has 2 N–H and O–H groups in total. The molecule has 0 aliphatic rings. The predicted molar refractivity (Wildman–Crippen MR) is 18.0 cm³/mol. The molecule has 0 aliphatic carbocycles. The van der Waals surface area contributed by atoms with Crippen LogP contribution in [0.4, 0.5) is 0 Å². The quantitative estimate of drug-likeness (QED) is 0.424. The summed E-state index contributed by atoms with van der Waals surface area (Å²) in [6.07, 6.45) is 0. The van der Waals surface area contributed by atoms with Gasteiger partial charge in [0.25, 0.3) is 0 Å². The van der Waals surface area contributed by atoms with Crippen LogP contribution in [0.3, 0.4) is 0 Å². The summed E-state index contributed by atoms with van der Waals surface area (Å²) < 4.78 is 17.1. The summed E-state index contributed by atoms with van der Waals surface area (Å²) in [7, 11) is -5.11. The standard InChI is InChI=1S/GeHO2.La.H2O4Si/c2-1-3;;1-5(2,3)4/h1H;;1-2H/q-1;+3;-2. The van der Waals surface area contributed by atoms with Gasteiger partial charge >= 0.3 is 59.2 Å². The van der Waals surface area contributed by atoms with Gasteiger partial charge < -0.3 is 19.2 Å². The van der Waals surface area contributed by atoms with E-state index in [0.29, 0.717) is 0 Å². The average Bonchev–Trinajstić information content (AvgIpc) is 1.27. The molecule has 0 saturated heterocycles. The molecule has 0 unspecified atom stereocenters. The molecule has 0 saturated carbocycles. The summed E-state index contributed by atoms with van der Waals surface area (Å²) >= 11 is -2.19. The maximum absolute atomic E-state index is 8.80. The molecule has 6 nitrogen and oxygen atoms in total. The second-order valence-electron chi connectivity index (χ2n) is 0.645. The van der Waals surface area contributed by atoms with Gasteiger partial charge in [0.15, 0.2) is 0 Å². The third-order valence-corrected chi connectivity index (χ3v) is 0. The first-order chi connectivity index (χ1) is 3.41. The van der Waals surface area contributed by atoms with Crippen molar-refractivity contribution in [3.05, 3.63) is 0 Å².